The number of halogens is 1. The Labute approximate surface area is 108 Å². The minimum absolute atomic E-state index is 0.0512. The van der Waals surface area contributed by atoms with Gasteiger partial charge in [0.05, 0.1) is 11.6 Å². The van der Waals surface area contributed by atoms with Gasteiger partial charge in [0.25, 0.3) is 0 Å². The maximum Gasteiger partial charge on any atom is 0.0858 e. The van der Waals surface area contributed by atoms with Crippen LogP contribution in [0.2, 0.25) is 5.02 Å². The van der Waals surface area contributed by atoms with Crippen molar-refractivity contribution in [3.05, 3.63) is 34.9 Å². The van der Waals surface area contributed by atoms with Gasteiger partial charge in [0.2, 0.25) is 0 Å². The van der Waals surface area contributed by atoms with Gasteiger partial charge in [0, 0.05) is 11.6 Å². The van der Waals surface area contributed by atoms with Gasteiger partial charge in [-0.1, -0.05) is 30.7 Å². The van der Waals surface area contributed by atoms with Crippen molar-refractivity contribution in [2.45, 2.75) is 38.8 Å². The molecule has 2 atom stereocenters. The third kappa shape index (κ3) is 3.42. The van der Waals surface area contributed by atoms with Crippen molar-refractivity contribution in [1.82, 2.24) is 5.43 Å². The number of rotatable bonds is 6. The highest BCUT2D eigenvalue weighted by molar-refractivity contribution is 6.30. The number of hydrogen-bond donors (Lipinski definition) is 2. The maximum absolute atomic E-state index is 5.89. The molecule has 3 N–H and O–H groups in total. The first-order chi connectivity index (χ1) is 8.07. The standard InChI is InChI=1S/C13H21ClN2O/c1-4-13(3,17-5-2)12(16-15)10-6-8-11(14)9-7-10/h6-9,12,16H,4-5,15H2,1-3H3. The molecule has 0 saturated heterocycles. The van der Waals surface area contributed by atoms with Gasteiger partial charge in [-0.05, 0) is 38.0 Å². The summed E-state index contributed by atoms with van der Waals surface area (Å²) in [5.74, 6) is 5.67. The summed E-state index contributed by atoms with van der Waals surface area (Å²) in [6, 6.07) is 7.62. The highest BCUT2D eigenvalue weighted by Gasteiger charge is 2.33. The first kappa shape index (κ1) is 14.5. The fourth-order valence-corrected chi connectivity index (χ4v) is 2.13. The SMILES string of the molecule is CCOC(C)(CC)C(NN)c1ccc(Cl)cc1. The number of hydrazine groups is 1. The molecule has 0 bridgehead atoms. The van der Waals surface area contributed by atoms with Gasteiger partial charge in [-0.15, -0.1) is 0 Å². The second-order valence-corrected chi connectivity index (χ2v) is 4.69. The summed E-state index contributed by atoms with van der Waals surface area (Å²) in [6.45, 7) is 6.81. The Morgan fingerprint density at radius 2 is 1.94 bits per heavy atom. The topological polar surface area (TPSA) is 47.3 Å². The van der Waals surface area contributed by atoms with E-state index in [0.29, 0.717) is 6.61 Å². The smallest absolute Gasteiger partial charge is 0.0858 e. The lowest BCUT2D eigenvalue weighted by Gasteiger charge is -2.36. The summed E-state index contributed by atoms with van der Waals surface area (Å²) in [4.78, 5) is 0. The number of nitrogens with one attached hydrogen (secondary N) is 1. The normalized spacial score (nSPS) is 16.5. The molecule has 0 heterocycles. The van der Waals surface area contributed by atoms with E-state index >= 15 is 0 Å². The lowest BCUT2D eigenvalue weighted by atomic mass is 9.88. The molecule has 1 aromatic carbocycles. The average molecular weight is 257 g/mol. The molecule has 17 heavy (non-hydrogen) atoms. The highest BCUT2D eigenvalue weighted by atomic mass is 35.5. The van der Waals surface area contributed by atoms with E-state index in [0.717, 1.165) is 17.0 Å². The lowest BCUT2D eigenvalue weighted by molar-refractivity contribution is -0.0564. The van der Waals surface area contributed by atoms with Crippen LogP contribution in [0.3, 0.4) is 0 Å². The van der Waals surface area contributed by atoms with Gasteiger partial charge in [-0.3, -0.25) is 11.3 Å². The molecule has 0 aromatic heterocycles. The average Bonchev–Trinajstić information content (AvgIpc) is 2.33. The molecule has 0 fully saturated rings. The fourth-order valence-electron chi connectivity index (χ4n) is 2.00. The van der Waals surface area contributed by atoms with E-state index < -0.39 is 0 Å². The van der Waals surface area contributed by atoms with Crippen molar-refractivity contribution < 1.29 is 4.74 Å². The van der Waals surface area contributed by atoms with E-state index in [1.54, 1.807) is 0 Å². The molecule has 0 aliphatic rings. The molecule has 0 aliphatic heterocycles. The van der Waals surface area contributed by atoms with Crippen molar-refractivity contribution >= 4 is 11.6 Å². The molecule has 0 aliphatic carbocycles. The Morgan fingerprint density at radius 3 is 2.35 bits per heavy atom. The van der Waals surface area contributed by atoms with Crippen LogP contribution < -0.4 is 11.3 Å². The summed E-state index contributed by atoms with van der Waals surface area (Å²) in [7, 11) is 0. The summed E-state index contributed by atoms with van der Waals surface area (Å²) in [5, 5.41) is 0.721. The molecule has 0 amide bonds. The molecule has 2 unspecified atom stereocenters. The first-order valence-electron chi connectivity index (χ1n) is 5.93. The minimum atomic E-state index is -0.322. The molecule has 0 spiro atoms. The quantitative estimate of drug-likeness (QED) is 0.608. The van der Waals surface area contributed by atoms with Crippen LogP contribution in [0, 0.1) is 0 Å². The Morgan fingerprint density at radius 1 is 1.35 bits per heavy atom. The molecule has 0 saturated carbocycles. The molecule has 0 radical (unpaired) electrons. The zero-order valence-corrected chi connectivity index (χ0v) is 11.4. The van der Waals surface area contributed by atoms with Crippen molar-refractivity contribution in [1.29, 1.82) is 0 Å². The minimum Gasteiger partial charge on any atom is -0.374 e. The fraction of sp³-hybridized carbons (Fsp3) is 0.538. The molecular weight excluding hydrogens is 236 g/mol. The summed E-state index contributed by atoms with van der Waals surface area (Å²) < 4.78 is 5.84. The Kier molecular flexibility index (Phi) is 5.40. The highest BCUT2D eigenvalue weighted by Crippen LogP contribution is 2.32. The van der Waals surface area contributed by atoms with Gasteiger partial charge in [-0.25, -0.2) is 0 Å². The number of hydrogen-bond acceptors (Lipinski definition) is 3. The van der Waals surface area contributed by atoms with Crippen LogP contribution in [0.4, 0.5) is 0 Å². The van der Waals surface area contributed by atoms with E-state index in [2.05, 4.69) is 19.3 Å². The van der Waals surface area contributed by atoms with Crippen LogP contribution in [0.5, 0.6) is 0 Å². The third-order valence-electron chi connectivity index (χ3n) is 3.16. The molecule has 4 heteroatoms. The maximum atomic E-state index is 5.89. The van der Waals surface area contributed by atoms with Crippen molar-refractivity contribution in [2.75, 3.05) is 6.61 Å². The summed E-state index contributed by atoms with van der Waals surface area (Å²) >= 11 is 5.89. The van der Waals surface area contributed by atoms with Crippen LogP contribution in [0.25, 0.3) is 0 Å². The van der Waals surface area contributed by atoms with Crippen LogP contribution in [0.15, 0.2) is 24.3 Å². The number of benzene rings is 1. The van der Waals surface area contributed by atoms with E-state index in [4.69, 9.17) is 22.2 Å². The Balaban J connectivity index is 3.00. The first-order valence-corrected chi connectivity index (χ1v) is 6.30. The van der Waals surface area contributed by atoms with Gasteiger partial charge < -0.3 is 4.74 Å². The van der Waals surface area contributed by atoms with Gasteiger partial charge in [-0.2, -0.15) is 0 Å². The van der Waals surface area contributed by atoms with E-state index in [-0.39, 0.29) is 11.6 Å². The van der Waals surface area contributed by atoms with Crippen molar-refractivity contribution in [3.8, 4) is 0 Å². The molecule has 1 rings (SSSR count). The van der Waals surface area contributed by atoms with E-state index in [9.17, 15) is 0 Å². The molecular formula is C13H21ClN2O. The van der Waals surface area contributed by atoms with Crippen LogP contribution in [0.1, 0.15) is 38.8 Å². The van der Waals surface area contributed by atoms with Crippen molar-refractivity contribution in [2.24, 2.45) is 5.84 Å². The van der Waals surface area contributed by atoms with Gasteiger partial charge in [0.15, 0.2) is 0 Å². The third-order valence-corrected chi connectivity index (χ3v) is 3.41. The number of nitrogens with two attached hydrogens (primary N) is 1. The predicted octanol–water partition coefficient (Wildman–Crippen LogP) is 3.05. The lowest BCUT2D eigenvalue weighted by Crippen LogP contribution is -2.46. The molecule has 3 nitrogen and oxygen atoms in total. The zero-order chi connectivity index (χ0) is 12.9. The molecule has 1 aromatic rings. The Hall–Kier alpha value is -0.610. The van der Waals surface area contributed by atoms with E-state index in [1.807, 2.05) is 31.2 Å². The van der Waals surface area contributed by atoms with Crippen molar-refractivity contribution in [3.63, 3.8) is 0 Å². The second kappa shape index (κ2) is 6.36. The van der Waals surface area contributed by atoms with Crippen LogP contribution >= 0.6 is 11.6 Å². The Bertz CT molecular complexity index is 342. The largest absolute Gasteiger partial charge is 0.374 e. The van der Waals surface area contributed by atoms with Gasteiger partial charge in [0.1, 0.15) is 0 Å². The summed E-state index contributed by atoms with van der Waals surface area (Å²) in [6.07, 6.45) is 0.873. The van der Waals surface area contributed by atoms with Gasteiger partial charge >= 0.3 is 0 Å². The predicted molar refractivity (Wildman–Crippen MR) is 71.8 cm³/mol. The number of ether oxygens (including phenoxy) is 1. The monoisotopic (exact) mass is 256 g/mol. The second-order valence-electron chi connectivity index (χ2n) is 4.25. The van der Waals surface area contributed by atoms with Crippen LogP contribution in [-0.2, 0) is 4.74 Å². The summed E-state index contributed by atoms with van der Waals surface area (Å²) in [5.41, 5.74) is 3.60. The molecule has 96 valence electrons. The van der Waals surface area contributed by atoms with E-state index in [1.165, 1.54) is 0 Å². The zero-order valence-electron chi connectivity index (χ0n) is 10.7. The van der Waals surface area contributed by atoms with Crippen LogP contribution in [-0.4, -0.2) is 12.2 Å².